The highest BCUT2D eigenvalue weighted by Crippen LogP contribution is 2.38. The highest BCUT2D eigenvalue weighted by Gasteiger charge is 2.40. The molecule has 1 saturated carbocycles. The van der Waals surface area contributed by atoms with Crippen LogP contribution in [0.5, 0.6) is 0 Å². The molecule has 3 nitrogen and oxygen atoms in total. The Labute approximate surface area is 137 Å². The van der Waals surface area contributed by atoms with E-state index in [2.05, 4.69) is 72.0 Å². The van der Waals surface area contributed by atoms with Crippen molar-refractivity contribution in [3.63, 3.8) is 0 Å². The third-order valence-electron chi connectivity index (χ3n) is 4.76. The molecule has 1 aromatic carbocycles. The van der Waals surface area contributed by atoms with Crippen molar-refractivity contribution in [1.82, 2.24) is 4.90 Å². The predicted molar refractivity (Wildman–Crippen MR) is 95.0 cm³/mol. The lowest BCUT2D eigenvalue weighted by molar-refractivity contribution is 0.0683. The maximum Gasteiger partial charge on any atom is 0.0408 e. The predicted octanol–water partition coefficient (Wildman–Crippen LogP) is 3.26. The van der Waals surface area contributed by atoms with E-state index in [1.807, 2.05) is 0 Å². The van der Waals surface area contributed by atoms with Crippen LogP contribution in [0.3, 0.4) is 0 Å². The van der Waals surface area contributed by atoms with E-state index < -0.39 is 0 Å². The lowest BCUT2D eigenvalue weighted by Gasteiger charge is -2.49. The molecular weight excluding hydrogens is 326 g/mol. The molecule has 1 aromatic rings. The van der Waals surface area contributed by atoms with Gasteiger partial charge in [0.25, 0.3) is 0 Å². The van der Waals surface area contributed by atoms with Crippen LogP contribution in [0, 0.1) is 0 Å². The highest BCUT2D eigenvalue weighted by molar-refractivity contribution is 9.10. The zero-order valence-electron chi connectivity index (χ0n) is 13.7. The van der Waals surface area contributed by atoms with E-state index in [1.165, 1.54) is 30.5 Å². The Morgan fingerprint density at radius 1 is 1.29 bits per heavy atom. The van der Waals surface area contributed by atoms with Crippen LogP contribution in [-0.4, -0.2) is 44.2 Å². The largest absolute Gasteiger partial charge is 0.372 e. The Morgan fingerprint density at radius 3 is 2.43 bits per heavy atom. The minimum Gasteiger partial charge on any atom is -0.372 e. The van der Waals surface area contributed by atoms with Gasteiger partial charge in [-0.25, -0.2) is 0 Å². The molecule has 1 fully saturated rings. The monoisotopic (exact) mass is 353 g/mol. The summed E-state index contributed by atoms with van der Waals surface area (Å²) >= 11 is 3.60. The molecule has 0 spiro atoms. The number of nitrogens with two attached hydrogens (primary N) is 1. The van der Waals surface area contributed by atoms with E-state index in [0.29, 0.717) is 5.54 Å². The summed E-state index contributed by atoms with van der Waals surface area (Å²) in [6.07, 6.45) is 4.85. The van der Waals surface area contributed by atoms with Gasteiger partial charge in [-0.05, 0) is 64.4 Å². The van der Waals surface area contributed by atoms with Crippen LogP contribution in [-0.2, 0) is 6.42 Å². The second-order valence-corrected chi connectivity index (χ2v) is 7.70. The molecule has 118 valence electrons. The first-order valence-electron chi connectivity index (χ1n) is 7.77. The number of anilines is 1. The van der Waals surface area contributed by atoms with Crippen LogP contribution in [0.1, 0.15) is 31.7 Å². The second kappa shape index (κ2) is 6.67. The molecule has 2 rings (SSSR count). The molecule has 21 heavy (non-hydrogen) atoms. The highest BCUT2D eigenvalue weighted by atomic mass is 79.9. The standard InChI is InChI=1S/C17H28BrN3/c1-13(19)10-14-6-7-15(18)11-16(14)21(4)12-17(20(2)3)8-5-9-17/h6-7,11,13H,5,8-10,12,19H2,1-4H3. The van der Waals surface area contributed by atoms with Gasteiger partial charge in [-0.3, -0.25) is 0 Å². The SMILES string of the molecule is CC(N)Cc1ccc(Br)cc1N(C)CC1(N(C)C)CCC1. The normalized spacial score (nSPS) is 18.4. The fourth-order valence-corrected chi connectivity index (χ4v) is 3.62. The molecular formula is C17H28BrN3. The second-order valence-electron chi connectivity index (χ2n) is 6.78. The van der Waals surface area contributed by atoms with E-state index in [1.54, 1.807) is 0 Å². The van der Waals surface area contributed by atoms with Gasteiger partial charge in [0, 0.05) is 35.3 Å². The van der Waals surface area contributed by atoms with Gasteiger partial charge in [-0.15, -0.1) is 0 Å². The number of hydrogen-bond donors (Lipinski definition) is 1. The van der Waals surface area contributed by atoms with E-state index in [0.717, 1.165) is 17.4 Å². The van der Waals surface area contributed by atoms with Gasteiger partial charge in [0.05, 0.1) is 0 Å². The van der Waals surface area contributed by atoms with Crippen LogP contribution in [0.15, 0.2) is 22.7 Å². The topological polar surface area (TPSA) is 32.5 Å². The van der Waals surface area contributed by atoms with Crippen molar-refractivity contribution < 1.29 is 0 Å². The van der Waals surface area contributed by atoms with Gasteiger partial charge >= 0.3 is 0 Å². The van der Waals surface area contributed by atoms with E-state index in [-0.39, 0.29) is 6.04 Å². The maximum absolute atomic E-state index is 6.01. The summed E-state index contributed by atoms with van der Waals surface area (Å²) < 4.78 is 1.13. The molecule has 0 radical (unpaired) electrons. The van der Waals surface area contributed by atoms with Crippen molar-refractivity contribution in [3.05, 3.63) is 28.2 Å². The van der Waals surface area contributed by atoms with Crippen LogP contribution in [0.2, 0.25) is 0 Å². The number of likely N-dealkylation sites (N-methyl/N-ethyl adjacent to an activating group) is 2. The first kappa shape index (κ1) is 16.8. The molecule has 0 aliphatic heterocycles. The zero-order chi connectivity index (χ0) is 15.6. The van der Waals surface area contributed by atoms with Crippen molar-refractivity contribution in [3.8, 4) is 0 Å². The number of rotatable bonds is 6. The molecule has 2 N–H and O–H groups in total. The van der Waals surface area contributed by atoms with Gasteiger partial charge in [0.1, 0.15) is 0 Å². The van der Waals surface area contributed by atoms with Gasteiger partial charge in [-0.1, -0.05) is 22.0 Å². The molecule has 0 saturated heterocycles. The first-order chi connectivity index (χ1) is 9.84. The van der Waals surface area contributed by atoms with Gasteiger partial charge in [-0.2, -0.15) is 0 Å². The van der Waals surface area contributed by atoms with E-state index in [4.69, 9.17) is 5.73 Å². The Balaban J connectivity index is 2.21. The number of hydrogen-bond acceptors (Lipinski definition) is 3. The summed E-state index contributed by atoms with van der Waals surface area (Å²) in [7, 11) is 6.61. The summed E-state index contributed by atoms with van der Waals surface area (Å²) in [6, 6.07) is 6.72. The molecule has 0 amide bonds. The van der Waals surface area contributed by atoms with Crippen molar-refractivity contribution in [2.24, 2.45) is 5.73 Å². The minimum absolute atomic E-state index is 0.185. The average Bonchev–Trinajstić information content (AvgIpc) is 2.34. The van der Waals surface area contributed by atoms with Crippen LogP contribution < -0.4 is 10.6 Å². The molecule has 0 bridgehead atoms. The molecule has 4 heteroatoms. The molecule has 1 aliphatic carbocycles. The number of benzene rings is 1. The summed E-state index contributed by atoms with van der Waals surface area (Å²) in [5.41, 5.74) is 8.98. The van der Waals surface area contributed by atoms with E-state index >= 15 is 0 Å². The van der Waals surface area contributed by atoms with Crippen molar-refractivity contribution >= 4 is 21.6 Å². The van der Waals surface area contributed by atoms with Gasteiger partial charge < -0.3 is 15.5 Å². The molecule has 1 aliphatic rings. The lowest BCUT2D eigenvalue weighted by atomic mass is 9.75. The zero-order valence-corrected chi connectivity index (χ0v) is 15.3. The third kappa shape index (κ3) is 3.79. The summed E-state index contributed by atoms with van der Waals surface area (Å²) in [5, 5.41) is 0. The average molecular weight is 354 g/mol. The van der Waals surface area contributed by atoms with Crippen LogP contribution >= 0.6 is 15.9 Å². The molecule has 0 aromatic heterocycles. The van der Waals surface area contributed by atoms with E-state index in [9.17, 15) is 0 Å². The Kier molecular flexibility index (Phi) is 5.33. The minimum atomic E-state index is 0.185. The summed E-state index contributed by atoms with van der Waals surface area (Å²) in [5.74, 6) is 0. The summed E-state index contributed by atoms with van der Waals surface area (Å²) in [6.45, 7) is 3.14. The Hall–Kier alpha value is -0.580. The first-order valence-corrected chi connectivity index (χ1v) is 8.56. The smallest absolute Gasteiger partial charge is 0.0408 e. The third-order valence-corrected chi connectivity index (χ3v) is 5.26. The van der Waals surface area contributed by atoms with Gasteiger partial charge in [0.2, 0.25) is 0 Å². The molecule has 1 unspecified atom stereocenters. The fourth-order valence-electron chi connectivity index (χ4n) is 3.27. The quantitative estimate of drug-likeness (QED) is 0.851. The van der Waals surface area contributed by atoms with Gasteiger partial charge in [0.15, 0.2) is 0 Å². The molecule has 1 atom stereocenters. The van der Waals surface area contributed by atoms with Crippen LogP contribution in [0.4, 0.5) is 5.69 Å². The van der Waals surface area contributed by atoms with Crippen LogP contribution in [0.25, 0.3) is 0 Å². The summed E-state index contributed by atoms with van der Waals surface area (Å²) in [4.78, 5) is 4.80. The lowest BCUT2D eigenvalue weighted by Crippen LogP contribution is -2.56. The number of nitrogens with zero attached hydrogens (tertiary/aromatic N) is 2. The molecule has 0 heterocycles. The number of halogens is 1. The van der Waals surface area contributed by atoms with Crippen molar-refractivity contribution in [2.45, 2.75) is 44.2 Å². The Bertz CT molecular complexity index is 481. The Morgan fingerprint density at radius 2 is 1.95 bits per heavy atom. The fraction of sp³-hybridized carbons (Fsp3) is 0.647. The van der Waals surface area contributed by atoms with Crippen molar-refractivity contribution in [2.75, 3.05) is 32.6 Å². The maximum atomic E-state index is 6.01. The van der Waals surface area contributed by atoms with Crippen molar-refractivity contribution in [1.29, 1.82) is 0 Å².